The van der Waals surface area contributed by atoms with E-state index >= 15 is 0 Å². The predicted molar refractivity (Wildman–Crippen MR) is 69.3 cm³/mol. The van der Waals surface area contributed by atoms with Crippen LogP contribution in [0.25, 0.3) is 5.65 Å². The van der Waals surface area contributed by atoms with Gasteiger partial charge in [0, 0.05) is 25.1 Å². The van der Waals surface area contributed by atoms with Gasteiger partial charge in [0.25, 0.3) is 0 Å². The Balaban J connectivity index is 1.79. The van der Waals surface area contributed by atoms with E-state index in [0.717, 1.165) is 11.2 Å². The molecular formula is C13H13N5. The highest BCUT2D eigenvalue weighted by Crippen LogP contribution is 2.09. The van der Waals surface area contributed by atoms with Gasteiger partial charge in [0.15, 0.2) is 5.65 Å². The average Bonchev–Trinajstić information content (AvgIpc) is 2.80. The van der Waals surface area contributed by atoms with E-state index in [4.69, 9.17) is 0 Å². The Kier molecular flexibility index (Phi) is 2.64. The van der Waals surface area contributed by atoms with Gasteiger partial charge in [-0.2, -0.15) is 4.98 Å². The second kappa shape index (κ2) is 4.44. The van der Waals surface area contributed by atoms with Crippen molar-refractivity contribution in [3.05, 3.63) is 54.0 Å². The van der Waals surface area contributed by atoms with Gasteiger partial charge >= 0.3 is 0 Å². The summed E-state index contributed by atoms with van der Waals surface area (Å²) in [6.07, 6.45) is 5.53. The van der Waals surface area contributed by atoms with Crippen LogP contribution in [-0.2, 0) is 6.54 Å². The molecule has 3 rings (SSSR count). The van der Waals surface area contributed by atoms with Crippen LogP contribution in [0.5, 0.6) is 0 Å². The van der Waals surface area contributed by atoms with Crippen LogP contribution in [0.2, 0.25) is 0 Å². The standard InChI is InChI=1S/C13H13N5/c1-10-5-6-14-8-11(10)9-15-13-16-12-4-2-3-7-18(12)17-13/h2-8H,9H2,1H3,(H,15,17). The van der Waals surface area contributed by atoms with Gasteiger partial charge in [0.1, 0.15) is 0 Å². The average molecular weight is 239 g/mol. The first-order chi connectivity index (χ1) is 8.83. The Morgan fingerprint density at radius 3 is 3.06 bits per heavy atom. The summed E-state index contributed by atoms with van der Waals surface area (Å²) in [7, 11) is 0. The number of aromatic nitrogens is 4. The van der Waals surface area contributed by atoms with Crippen LogP contribution in [-0.4, -0.2) is 19.6 Å². The summed E-state index contributed by atoms with van der Waals surface area (Å²) in [6, 6.07) is 7.79. The smallest absolute Gasteiger partial charge is 0.243 e. The van der Waals surface area contributed by atoms with Gasteiger partial charge in [-0.25, -0.2) is 4.52 Å². The van der Waals surface area contributed by atoms with Crippen molar-refractivity contribution in [2.75, 3.05) is 5.32 Å². The molecule has 0 radical (unpaired) electrons. The van der Waals surface area contributed by atoms with E-state index in [1.807, 2.05) is 36.7 Å². The number of hydrogen-bond donors (Lipinski definition) is 1. The number of rotatable bonds is 3. The molecule has 3 heterocycles. The van der Waals surface area contributed by atoms with Gasteiger partial charge in [-0.15, -0.1) is 5.10 Å². The third kappa shape index (κ3) is 2.02. The Labute approximate surface area is 105 Å². The monoisotopic (exact) mass is 239 g/mol. The van der Waals surface area contributed by atoms with Gasteiger partial charge < -0.3 is 5.32 Å². The van der Waals surface area contributed by atoms with E-state index in [-0.39, 0.29) is 0 Å². The van der Waals surface area contributed by atoms with E-state index in [0.29, 0.717) is 12.5 Å². The van der Waals surface area contributed by atoms with Crippen molar-refractivity contribution in [2.24, 2.45) is 0 Å². The van der Waals surface area contributed by atoms with Crippen molar-refractivity contribution >= 4 is 11.6 Å². The van der Waals surface area contributed by atoms with Crippen LogP contribution < -0.4 is 5.32 Å². The van der Waals surface area contributed by atoms with Crippen molar-refractivity contribution in [1.82, 2.24) is 19.6 Å². The SMILES string of the molecule is Cc1ccncc1CNc1nc2ccccn2n1. The van der Waals surface area contributed by atoms with Crippen molar-refractivity contribution in [3.63, 3.8) is 0 Å². The molecule has 0 atom stereocenters. The molecule has 0 aliphatic carbocycles. The molecule has 0 saturated heterocycles. The Morgan fingerprint density at radius 2 is 2.22 bits per heavy atom. The lowest BCUT2D eigenvalue weighted by atomic mass is 10.2. The first-order valence-electron chi connectivity index (χ1n) is 5.78. The third-order valence-corrected chi connectivity index (χ3v) is 2.83. The maximum atomic E-state index is 4.38. The second-order valence-corrected chi connectivity index (χ2v) is 4.09. The molecule has 5 nitrogen and oxygen atoms in total. The summed E-state index contributed by atoms with van der Waals surface area (Å²) in [6.45, 7) is 2.74. The van der Waals surface area contributed by atoms with Crippen LogP contribution in [0.15, 0.2) is 42.9 Å². The first-order valence-corrected chi connectivity index (χ1v) is 5.78. The molecule has 0 aromatic carbocycles. The molecule has 0 saturated carbocycles. The molecule has 3 aromatic heterocycles. The number of fused-ring (bicyclic) bond motifs is 1. The van der Waals surface area contributed by atoms with Gasteiger partial charge in [-0.3, -0.25) is 4.98 Å². The predicted octanol–water partition coefficient (Wildman–Crippen LogP) is 2.04. The van der Waals surface area contributed by atoms with E-state index in [1.54, 1.807) is 10.7 Å². The lowest BCUT2D eigenvalue weighted by Crippen LogP contribution is -2.03. The molecular weight excluding hydrogens is 226 g/mol. The number of pyridine rings is 2. The minimum absolute atomic E-state index is 0.629. The quantitative estimate of drug-likeness (QED) is 0.760. The van der Waals surface area contributed by atoms with Gasteiger partial charge in [-0.05, 0) is 36.2 Å². The van der Waals surface area contributed by atoms with Crippen LogP contribution in [0.1, 0.15) is 11.1 Å². The highest BCUT2D eigenvalue weighted by atomic mass is 15.3. The number of anilines is 1. The number of hydrogen-bond acceptors (Lipinski definition) is 4. The zero-order valence-corrected chi connectivity index (χ0v) is 10.0. The Bertz CT molecular complexity index is 641. The zero-order valence-electron chi connectivity index (χ0n) is 10.0. The molecule has 0 fully saturated rings. The summed E-state index contributed by atoms with van der Waals surface area (Å²) in [4.78, 5) is 8.49. The summed E-state index contributed by atoms with van der Waals surface area (Å²) in [5.41, 5.74) is 3.19. The fraction of sp³-hybridized carbons (Fsp3) is 0.154. The fourth-order valence-corrected chi connectivity index (χ4v) is 1.76. The zero-order chi connectivity index (χ0) is 12.4. The van der Waals surface area contributed by atoms with Crippen LogP contribution in [0.4, 0.5) is 5.95 Å². The van der Waals surface area contributed by atoms with Gasteiger partial charge in [0.05, 0.1) is 0 Å². The maximum absolute atomic E-state index is 4.38. The number of aryl methyl sites for hydroxylation is 1. The topological polar surface area (TPSA) is 55.1 Å². The highest BCUT2D eigenvalue weighted by Gasteiger charge is 2.03. The van der Waals surface area contributed by atoms with Crippen molar-refractivity contribution < 1.29 is 0 Å². The lowest BCUT2D eigenvalue weighted by Gasteiger charge is -2.04. The van der Waals surface area contributed by atoms with E-state index in [1.165, 1.54) is 5.56 Å². The molecule has 5 heteroatoms. The summed E-state index contributed by atoms with van der Waals surface area (Å²) >= 11 is 0. The van der Waals surface area contributed by atoms with Crippen LogP contribution >= 0.6 is 0 Å². The molecule has 0 bridgehead atoms. The van der Waals surface area contributed by atoms with Crippen molar-refractivity contribution in [2.45, 2.75) is 13.5 Å². The summed E-state index contributed by atoms with van der Waals surface area (Å²) in [5, 5.41) is 7.54. The maximum Gasteiger partial charge on any atom is 0.243 e. The van der Waals surface area contributed by atoms with E-state index in [9.17, 15) is 0 Å². The van der Waals surface area contributed by atoms with Gasteiger partial charge in [0.2, 0.25) is 5.95 Å². The largest absolute Gasteiger partial charge is 0.349 e. The minimum atomic E-state index is 0.629. The molecule has 1 N–H and O–H groups in total. The van der Waals surface area contributed by atoms with Crippen molar-refractivity contribution in [3.8, 4) is 0 Å². The van der Waals surface area contributed by atoms with Crippen LogP contribution in [0.3, 0.4) is 0 Å². The molecule has 0 spiro atoms. The summed E-state index contributed by atoms with van der Waals surface area (Å²) in [5.74, 6) is 0.629. The molecule has 0 amide bonds. The third-order valence-electron chi connectivity index (χ3n) is 2.83. The van der Waals surface area contributed by atoms with Gasteiger partial charge in [-0.1, -0.05) is 6.07 Å². The van der Waals surface area contributed by atoms with E-state index < -0.39 is 0 Å². The van der Waals surface area contributed by atoms with Crippen molar-refractivity contribution in [1.29, 1.82) is 0 Å². The molecule has 18 heavy (non-hydrogen) atoms. The number of nitrogens with one attached hydrogen (secondary N) is 1. The first kappa shape index (κ1) is 10.7. The van der Waals surface area contributed by atoms with E-state index in [2.05, 4.69) is 27.3 Å². The second-order valence-electron chi connectivity index (χ2n) is 4.09. The number of nitrogens with zero attached hydrogens (tertiary/aromatic N) is 4. The Morgan fingerprint density at radius 1 is 1.28 bits per heavy atom. The molecule has 0 aliphatic rings. The molecule has 3 aromatic rings. The lowest BCUT2D eigenvalue weighted by molar-refractivity contribution is 0.947. The highest BCUT2D eigenvalue weighted by molar-refractivity contribution is 5.43. The normalized spacial score (nSPS) is 10.7. The molecule has 90 valence electrons. The minimum Gasteiger partial charge on any atom is -0.349 e. The van der Waals surface area contributed by atoms with Crippen LogP contribution in [0, 0.1) is 6.92 Å². The summed E-state index contributed by atoms with van der Waals surface area (Å²) < 4.78 is 1.75. The molecule has 0 unspecified atom stereocenters. The fourth-order valence-electron chi connectivity index (χ4n) is 1.76. The molecule has 0 aliphatic heterocycles. The Hall–Kier alpha value is -2.43.